The van der Waals surface area contributed by atoms with Crippen molar-refractivity contribution in [3.05, 3.63) is 107 Å². The zero-order valence-electron chi connectivity index (χ0n) is 19.8. The minimum atomic E-state index is -4.48. The van der Waals surface area contributed by atoms with Crippen LogP contribution in [0, 0.1) is 6.92 Å². The third-order valence-corrected chi connectivity index (χ3v) is 8.06. The van der Waals surface area contributed by atoms with Gasteiger partial charge in [0, 0.05) is 4.90 Å². The van der Waals surface area contributed by atoms with Crippen molar-refractivity contribution in [2.24, 2.45) is 0 Å². The Morgan fingerprint density at radius 3 is 2.11 bits per heavy atom. The summed E-state index contributed by atoms with van der Waals surface area (Å²) in [6.45, 7) is 3.55. The third-order valence-electron chi connectivity index (χ3n) is 5.24. The van der Waals surface area contributed by atoms with Crippen LogP contribution in [0.15, 0.2) is 99.6 Å². The summed E-state index contributed by atoms with van der Waals surface area (Å²) in [5.41, 5.74) is 0.692. The lowest BCUT2D eigenvalue weighted by molar-refractivity contribution is -0.137. The van der Waals surface area contributed by atoms with Gasteiger partial charge in [-0.15, -0.1) is 0 Å². The molecule has 0 aliphatic carbocycles. The molecule has 3 rings (SSSR count). The quantitative estimate of drug-likeness (QED) is 0.215. The first kappa shape index (κ1) is 27.5. The summed E-state index contributed by atoms with van der Waals surface area (Å²) in [4.78, 5) is 14.2. The van der Waals surface area contributed by atoms with Crippen LogP contribution >= 0.6 is 11.8 Å². The number of amides is 1. The highest BCUT2D eigenvalue weighted by Crippen LogP contribution is 2.34. The summed E-state index contributed by atoms with van der Waals surface area (Å²) in [5, 5.41) is 0. The van der Waals surface area contributed by atoms with E-state index in [1.54, 1.807) is 48.5 Å². The zero-order valence-corrected chi connectivity index (χ0v) is 21.5. The predicted molar refractivity (Wildman–Crippen MR) is 136 cm³/mol. The molecule has 0 fully saturated rings. The van der Waals surface area contributed by atoms with Crippen LogP contribution in [-0.4, -0.2) is 18.6 Å². The maximum absolute atomic E-state index is 13.7. The summed E-state index contributed by atoms with van der Waals surface area (Å²) in [6, 6.07) is 19.4. The fourth-order valence-electron chi connectivity index (χ4n) is 3.26. The highest BCUT2D eigenvalue weighted by molar-refractivity contribution is 8.04. The average Bonchev–Trinajstić information content (AvgIpc) is 2.85. The van der Waals surface area contributed by atoms with Crippen molar-refractivity contribution in [3.8, 4) is 0 Å². The van der Waals surface area contributed by atoms with Gasteiger partial charge in [-0.2, -0.15) is 13.2 Å². The Bertz CT molecular complexity index is 1300. The molecule has 3 aromatic carbocycles. The Labute approximate surface area is 213 Å². The number of thioether (sulfide) groups is 1. The van der Waals surface area contributed by atoms with Gasteiger partial charge in [-0.1, -0.05) is 79.2 Å². The number of hydrogen-bond donors (Lipinski definition) is 0. The summed E-state index contributed by atoms with van der Waals surface area (Å²) in [7, 11) is -4.22. The Hall–Kier alpha value is -3.04. The topological polar surface area (TPSA) is 54.5 Å². The van der Waals surface area contributed by atoms with E-state index in [9.17, 15) is 26.4 Å². The van der Waals surface area contributed by atoms with E-state index in [2.05, 4.69) is 0 Å². The van der Waals surface area contributed by atoms with Gasteiger partial charge in [0.05, 0.1) is 21.9 Å². The van der Waals surface area contributed by atoms with E-state index in [1.165, 1.54) is 24.3 Å². The molecule has 190 valence electrons. The van der Waals surface area contributed by atoms with Crippen molar-refractivity contribution >= 4 is 27.7 Å². The van der Waals surface area contributed by atoms with E-state index in [-0.39, 0.29) is 16.3 Å². The number of alkyl halides is 3. The van der Waals surface area contributed by atoms with Gasteiger partial charge in [0.15, 0.2) is 0 Å². The number of carbonyl (C=O) groups excluding carboxylic acids is 1. The molecule has 0 spiro atoms. The normalized spacial score (nSPS) is 12.4. The Morgan fingerprint density at radius 1 is 0.944 bits per heavy atom. The molecule has 0 aromatic heterocycles. The molecule has 0 heterocycles. The molecule has 0 bridgehead atoms. The molecule has 0 unspecified atom stereocenters. The maximum atomic E-state index is 13.7. The van der Waals surface area contributed by atoms with Gasteiger partial charge in [-0.25, -0.2) is 12.7 Å². The minimum Gasteiger partial charge on any atom is -0.267 e. The molecule has 9 heteroatoms. The molecule has 1 amide bonds. The summed E-state index contributed by atoms with van der Waals surface area (Å²) < 4.78 is 66.9. The number of nitrogens with zero attached hydrogens (tertiary/aromatic N) is 1. The van der Waals surface area contributed by atoms with Gasteiger partial charge in [0.2, 0.25) is 0 Å². The van der Waals surface area contributed by atoms with Crippen molar-refractivity contribution < 1.29 is 26.4 Å². The number of hydrogen-bond acceptors (Lipinski definition) is 4. The Balaban J connectivity index is 2.01. The monoisotopic (exact) mass is 533 g/mol. The van der Waals surface area contributed by atoms with Crippen LogP contribution < -0.4 is 0 Å². The lowest BCUT2D eigenvalue weighted by atomic mass is 10.2. The van der Waals surface area contributed by atoms with Gasteiger partial charge < -0.3 is 0 Å². The molecule has 3 aromatic rings. The van der Waals surface area contributed by atoms with Gasteiger partial charge >= 0.3 is 6.18 Å². The average molecular weight is 534 g/mol. The maximum Gasteiger partial charge on any atom is 0.416 e. The highest BCUT2D eigenvalue weighted by Gasteiger charge is 2.33. The van der Waals surface area contributed by atoms with Crippen molar-refractivity contribution in [1.82, 2.24) is 4.31 Å². The summed E-state index contributed by atoms with van der Waals surface area (Å²) in [6.07, 6.45) is -1.64. The second kappa shape index (κ2) is 11.8. The smallest absolute Gasteiger partial charge is 0.267 e. The lowest BCUT2D eigenvalue weighted by Crippen LogP contribution is -2.37. The Kier molecular flexibility index (Phi) is 9.03. The van der Waals surface area contributed by atoms with Crippen molar-refractivity contribution in [2.75, 3.05) is 0 Å². The first-order valence-corrected chi connectivity index (χ1v) is 13.5. The molecule has 4 nitrogen and oxygen atoms in total. The minimum absolute atomic E-state index is 0.0215. The van der Waals surface area contributed by atoms with Crippen LogP contribution in [0.3, 0.4) is 0 Å². The molecular formula is C27H26F3NO3S2. The van der Waals surface area contributed by atoms with Crippen LogP contribution in [0.25, 0.3) is 0 Å². The first-order chi connectivity index (χ1) is 17.0. The molecule has 0 saturated heterocycles. The van der Waals surface area contributed by atoms with Gasteiger partial charge in [0.1, 0.15) is 0 Å². The lowest BCUT2D eigenvalue weighted by Gasteiger charge is -2.24. The highest BCUT2D eigenvalue weighted by atomic mass is 32.2. The first-order valence-electron chi connectivity index (χ1n) is 11.3. The van der Waals surface area contributed by atoms with E-state index in [1.807, 2.05) is 13.8 Å². The fourth-order valence-corrected chi connectivity index (χ4v) is 5.62. The van der Waals surface area contributed by atoms with E-state index < -0.39 is 27.7 Å². The number of sulfonamides is 1. The standard InChI is InChI=1S/C27H26F3NO3S2/c1-3-4-10-25(35-23-15-13-22(14-16-23)27(28,29)30)26(32)31(19-21-8-6-5-7-9-21)36(33,34)24-17-11-20(2)12-18-24/h5-18H,3-4,19H2,1-2H3/b25-10+. The van der Waals surface area contributed by atoms with Crippen LogP contribution in [0.5, 0.6) is 0 Å². The van der Waals surface area contributed by atoms with Crippen LogP contribution in [0.2, 0.25) is 0 Å². The number of allylic oxidation sites excluding steroid dienone is 1. The van der Waals surface area contributed by atoms with Gasteiger partial charge in [0.25, 0.3) is 15.9 Å². The largest absolute Gasteiger partial charge is 0.416 e. The van der Waals surface area contributed by atoms with Crippen molar-refractivity contribution in [3.63, 3.8) is 0 Å². The van der Waals surface area contributed by atoms with Crippen LogP contribution in [0.1, 0.15) is 36.5 Å². The summed E-state index contributed by atoms with van der Waals surface area (Å²) in [5.74, 6) is -0.738. The van der Waals surface area contributed by atoms with Gasteiger partial charge in [-0.3, -0.25) is 4.79 Å². The van der Waals surface area contributed by atoms with E-state index in [4.69, 9.17) is 0 Å². The Morgan fingerprint density at radius 2 is 1.56 bits per heavy atom. The van der Waals surface area contributed by atoms with Gasteiger partial charge in [-0.05, 0) is 55.3 Å². The van der Waals surface area contributed by atoms with Crippen molar-refractivity contribution in [1.29, 1.82) is 0 Å². The molecule has 0 radical (unpaired) electrons. The SMILES string of the molecule is CCC/C=C(/Sc1ccc(C(F)(F)F)cc1)C(=O)N(Cc1ccccc1)S(=O)(=O)c1ccc(C)cc1. The second-order valence-corrected chi connectivity index (χ2v) is 11.1. The number of aryl methyl sites for hydroxylation is 1. The number of unbranched alkanes of at least 4 members (excludes halogenated alkanes) is 1. The van der Waals surface area contributed by atoms with Crippen LogP contribution in [-0.2, 0) is 27.5 Å². The molecular weight excluding hydrogens is 507 g/mol. The number of halogens is 3. The van der Waals surface area contributed by atoms with E-state index >= 15 is 0 Å². The summed E-state index contributed by atoms with van der Waals surface area (Å²) >= 11 is 0.947. The predicted octanol–water partition coefficient (Wildman–Crippen LogP) is 7.21. The fraction of sp³-hybridized carbons (Fsp3) is 0.222. The molecule has 36 heavy (non-hydrogen) atoms. The van der Waals surface area contributed by atoms with Crippen molar-refractivity contribution in [2.45, 2.75) is 49.2 Å². The molecule has 0 aliphatic heterocycles. The molecule has 0 aliphatic rings. The molecule has 0 saturated carbocycles. The zero-order chi connectivity index (χ0) is 26.3. The number of benzene rings is 3. The van der Waals surface area contributed by atoms with E-state index in [0.29, 0.717) is 23.3 Å². The number of rotatable bonds is 9. The number of carbonyl (C=O) groups is 1. The molecule has 0 atom stereocenters. The third kappa shape index (κ3) is 7.01. The van der Waals surface area contributed by atoms with Crippen LogP contribution in [0.4, 0.5) is 13.2 Å². The second-order valence-electron chi connectivity index (χ2n) is 8.10. The molecule has 0 N–H and O–H groups in total. The van der Waals surface area contributed by atoms with E-state index in [0.717, 1.165) is 33.8 Å².